The van der Waals surface area contributed by atoms with E-state index < -0.39 is 0 Å². The lowest BCUT2D eigenvalue weighted by molar-refractivity contribution is 0.477. The third kappa shape index (κ3) is 10.2. The number of furan rings is 4. The number of rotatable bonds is 6. The van der Waals surface area contributed by atoms with Crippen molar-refractivity contribution in [3.8, 4) is 23.0 Å². The molecule has 0 N–H and O–H groups in total. The number of anilines is 18. The molecular weight excluding hydrogens is 1600 g/mol. The summed E-state index contributed by atoms with van der Waals surface area (Å²) in [6.07, 6.45) is 0. The van der Waals surface area contributed by atoms with E-state index in [2.05, 4.69) is 369 Å². The highest BCUT2D eigenvalue weighted by atomic mass is 16.5. The highest BCUT2D eigenvalue weighted by molar-refractivity contribution is 6.31. The predicted molar refractivity (Wildman–Crippen MR) is 534 cm³/mol. The van der Waals surface area contributed by atoms with Crippen LogP contribution in [-0.2, 0) is 0 Å². The van der Waals surface area contributed by atoms with Crippen LogP contribution in [0.25, 0.3) is 152 Å². The summed E-state index contributed by atoms with van der Waals surface area (Å²) < 4.78 is 39.3. The minimum absolute atomic E-state index is 0.788. The van der Waals surface area contributed by atoms with Crippen LogP contribution in [0.3, 0.4) is 0 Å². The lowest BCUT2D eigenvalue weighted by Gasteiger charge is -2.41. The summed E-state index contributed by atoms with van der Waals surface area (Å²) in [4.78, 5) is 14.3. The first kappa shape index (κ1) is 70.6. The Kier molecular flexibility index (Phi) is 14.6. The fourth-order valence-electron chi connectivity index (χ4n) is 21.5. The third-order valence-electron chi connectivity index (χ3n) is 27.1. The summed E-state index contributed by atoms with van der Waals surface area (Å²) >= 11 is 0. The first-order valence-corrected chi connectivity index (χ1v) is 44.0. The van der Waals surface area contributed by atoms with Crippen LogP contribution < -0.4 is 38.9 Å². The first-order chi connectivity index (χ1) is 64.4. The zero-order valence-corrected chi connectivity index (χ0v) is 69.4. The largest absolute Gasteiger partial charge is 0.456 e. The molecule has 606 valence electrons. The lowest BCUT2D eigenvalue weighted by atomic mass is 9.91. The summed E-state index contributed by atoms with van der Waals surface area (Å²) in [7, 11) is 0. The van der Waals surface area contributed by atoms with Crippen LogP contribution in [-0.4, -0.2) is 0 Å². The normalized spacial score (nSPS) is 13.3. The van der Waals surface area contributed by atoms with Crippen LogP contribution in [0.2, 0.25) is 0 Å². The van der Waals surface area contributed by atoms with Crippen LogP contribution in [0.5, 0.6) is 23.0 Å². The Hall–Kier alpha value is -17.7. The van der Waals surface area contributed by atoms with E-state index in [9.17, 15) is 0 Å². The Balaban J connectivity index is 0.000000130. The highest BCUT2D eigenvalue weighted by Crippen LogP contribution is 2.63. The maximum Gasteiger partial charge on any atom is 0.152 e. The number of hydrogen-bond donors (Lipinski definition) is 0. The van der Waals surface area contributed by atoms with E-state index in [4.69, 9.17) is 27.1 Å². The Morgan fingerprint density at radius 2 is 0.415 bits per heavy atom. The fourth-order valence-corrected chi connectivity index (χ4v) is 21.5. The van der Waals surface area contributed by atoms with Gasteiger partial charge in [0.15, 0.2) is 23.0 Å². The minimum Gasteiger partial charge on any atom is -0.456 e. The van der Waals surface area contributed by atoms with Crippen molar-refractivity contribution in [1.29, 1.82) is 0 Å². The molecule has 0 radical (unpaired) electrons. The van der Waals surface area contributed by atoms with Gasteiger partial charge in [-0.15, -0.1) is 0 Å². The quantitative estimate of drug-likeness (QED) is 0.149. The summed E-state index contributed by atoms with van der Waals surface area (Å²) in [6.45, 7) is 0. The van der Waals surface area contributed by atoms with Gasteiger partial charge in [-0.1, -0.05) is 231 Å². The molecule has 8 heterocycles. The molecule has 4 aromatic heterocycles. The monoisotopic (exact) mass is 1660 g/mol. The van der Waals surface area contributed by atoms with Gasteiger partial charge in [-0.05, 0) is 212 Å². The number of fused-ring (bicyclic) bond motifs is 26. The van der Waals surface area contributed by atoms with Crippen molar-refractivity contribution in [3.05, 3.63) is 413 Å². The van der Waals surface area contributed by atoms with Crippen LogP contribution >= 0.6 is 0 Å². The molecule has 0 atom stereocenters. The molecule has 0 saturated heterocycles. The minimum atomic E-state index is 0.788. The van der Waals surface area contributed by atoms with Crippen molar-refractivity contribution in [2.45, 2.75) is 0 Å². The molecular formula is C118H68N6O6. The Morgan fingerprint density at radius 3 is 0.808 bits per heavy atom. The number of benzene rings is 22. The molecule has 130 heavy (non-hydrogen) atoms. The SMILES string of the molecule is c1ccc(N2c3ccccc3N(c3ccc4ccc5c(N6c7ccccc7N(c7ccccc7)c7cc8c(cc76)oc6ccccc68)ccc6ccc3c4c65)c3cc4oc5ccccc5c4cc32)cc1.c1ccc2c(c1)Oc1cc3c(cc1N2c1ccc2c4ccc(N5c6ccccc6Oc6cc7c(cc65)oc5ccccc57)cc4c4ccccc4c2c1)oc1ccccc13. The Morgan fingerprint density at radius 1 is 0.131 bits per heavy atom. The molecule has 12 nitrogen and oxygen atoms in total. The lowest BCUT2D eigenvalue weighted by Crippen LogP contribution is -2.24. The molecule has 0 saturated carbocycles. The summed E-state index contributed by atoms with van der Waals surface area (Å²) in [5.41, 5.74) is 25.8. The van der Waals surface area contributed by atoms with E-state index in [-0.39, 0.29) is 0 Å². The van der Waals surface area contributed by atoms with Crippen molar-refractivity contribution >= 4 is 255 Å². The average molecular weight is 1670 g/mol. The van der Waals surface area contributed by atoms with E-state index in [1.54, 1.807) is 0 Å². The molecule has 0 unspecified atom stereocenters. The van der Waals surface area contributed by atoms with Crippen molar-refractivity contribution in [2.24, 2.45) is 0 Å². The van der Waals surface area contributed by atoms with E-state index >= 15 is 0 Å². The fraction of sp³-hybridized carbons (Fsp3) is 0. The predicted octanol–water partition coefficient (Wildman–Crippen LogP) is 35.0. The number of ether oxygens (including phenoxy) is 2. The van der Waals surface area contributed by atoms with Crippen molar-refractivity contribution in [3.63, 3.8) is 0 Å². The zero-order valence-electron chi connectivity index (χ0n) is 69.4. The molecule has 12 heteroatoms. The molecule has 4 aliphatic rings. The van der Waals surface area contributed by atoms with Crippen molar-refractivity contribution in [2.75, 3.05) is 29.4 Å². The van der Waals surface area contributed by atoms with Gasteiger partial charge in [-0.25, -0.2) is 0 Å². The summed E-state index contributed by atoms with van der Waals surface area (Å²) in [5.74, 6) is 3.19. The zero-order chi connectivity index (χ0) is 84.7. The van der Waals surface area contributed by atoms with E-state index in [0.29, 0.717) is 0 Å². The van der Waals surface area contributed by atoms with Gasteiger partial charge >= 0.3 is 0 Å². The van der Waals surface area contributed by atoms with Crippen molar-refractivity contribution in [1.82, 2.24) is 0 Å². The van der Waals surface area contributed by atoms with Crippen molar-refractivity contribution < 1.29 is 27.1 Å². The molecule has 0 bridgehead atoms. The number of nitrogens with zero attached hydrogens (tertiary/aromatic N) is 6. The molecule has 0 amide bonds. The number of hydrogen-bond acceptors (Lipinski definition) is 12. The molecule has 30 rings (SSSR count). The maximum atomic E-state index is 6.64. The van der Waals surface area contributed by atoms with Gasteiger partial charge in [0, 0.05) is 101 Å². The van der Waals surface area contributed by atoms with Crippen LogP contribution in [0.4, 0.5) is 102 Å². The average Bonchev–Trinajstić information content (AvgIpc) is 1.16. The van der Waals surface area contributed by atoms with Gasteiger partial charge in [0.2, 0.25) is 0 Å². The second kappa shape index (κ2) is 26.9. The van der Waals surface area contributed by atoms with E-state index in [0.717, 1.165) is 213 Å². The highest BCUT2D eigenvalue weighted by Gasteiger charge is 2.38. The van der Waals surface area contributed by atoms with Gasteiger partial charge in [0.25, 0.3) is 0 Å². The van der Waals surface area contributed by atoms with Gasteiger partial charge in [-0.3, -0.25) is 0 Å². The van der Waals surface area contributed by atoms with Crippen LogP contribution in [0.1, 0.15) is 0 Å². The van der Waals surface area contributed by atoms with Gasteiger partial charge in [-0.2, -0.15) is 0 Å². The van der Waals surface area contributed by atoms with E-state index in [1.165, 1.54) is 64.6 Å². The topological polar surface area (TPSA) is 90.5 Å². The Bertz CT molecular complexity index is 8800. The molecule has 22 aromatic carbocycles. The molecule has 26 aromatic rings. The standard InChI is InChI=1S/C64H38N4O2.C54H30N2O4/c1-3-15-41(16-4-1)65-51-21-9-11-23-53(51)67(57-37-61-47(35-55(57)65)43-19-7-13-25-59(43)69-61)49-33-29-39-28-32-46-50(34-30-40-27-31-45(49)63(39)64(40)46)68-54-24-12-10-22-52(54)66(42-17-5-2-6-18-42)56-36-48-44-20-8-14-26-60(44)70-62(48)38-58(56)68;1-2-12-34-33(11-1)39-25-31(55-43-15-5-9-19-49(43)59-53-27-41-37-13-3-7-17-47(37)57-51(41)29-45(53)55)21-23-35(39)36-24-22-32(26-40(34)36)56-44-16-6-10-20-50(44)60-54-28-42-38-14-4-8-18-48(38)58-52(42)30-46(54)56/h1-38H;1-30H. The van der Waals surface area contributed by atoms with Crippen LogP contribution in [0, 0.1) is 0 Å². The van der Waals surface area contributed by atoms with Crippen LogP contribution in [0.15, 0.2) is 430 Å². The Labute approximate surface area is 742 Å². The molecule has 0 spiro atoms. The second-order valence-electron chi connectivity index (χ2n) is 34.1. The smallest absolute Gasteiger partial charge is 0.152 e. The number of para-hydroxylation sites is 14. The first-order valence-electron chi connectivity index (χ1n) is 44.0. The maximum absolute atomic E-state index is 6.64. The van der Waals surface area contributed by atoms with Gasteiger partial charge in [0.05, 0.1) is 79.6 Å². The van der Waals surface area contributed by atoms with E-state index in [1.807, 2.05) is 72.8 Å². The summed E-state index contributed by atoms with van der Waals surface area (Å²) in [6, 6.07) is 147. The van der Waals surface area contributed by atoms with Gasteiger partial charge < -0.3 is 56.5 Å². The molecule has 0 aliphatic carbocycles. The second-order valence-corrected chi connectivity index (χ2v) is 34.1. The van der Waals surface area contributed by atoms with Gasteiger partial charge in [0.1, 0.15) is 44.7 Å². The summed E-state index contributed by atoms with van der Waals surface area (Å²) in [5, 5.41) is 22.8. The third-order valence-corrected chi connectivity index (χ3v) is 27.1. The molecule has 4 aliphatic heterocycles. The molecule has 0 fully saturated rings.